The zero-order valence-corrected chi connectivity index (χ0v) is 3.00. The van der Waals surface area contributed by atoms with E-state index in [0.29, 0.717) is 0 Å². The van der Waals surface area contributed by atoms with Crippen LogP contribution in [0.5, 0.6) is 0 Å². The van der Waals surface area contributed by atoms with E-state index in [9.17, 15) is 0 Å². The Bertz CT molecular complexity index is 279. The van der Waals surface area contributed by atoms with Gasteiger partial charge in [0.1, 0.15) is 0 Å². The average Bonchev–Trinajstić information content (AvgIpc) is 1.95. The first-order valence-corrected chi connectivity index (χ1v) is 1.25. The molecule has 0 radical (unpaired) electrons. The van der Waals surface area contributed by atoms with E-state index in [1.807, 2.05) is 0 Å². The van der Waals surface area contributed by atoms with Gasteiger partial charge in [0.15, 0.2) is 0 Å². The van der Waals surface area contributed by atoms with Crippen LogP contribution in [0.1, 0.15) is 37.0 Å². The Kier molecular flexibility index (Phi) is 0.269. The number of nitrogens with one attached hydrogen (secondary N) is 1. The van der Waals surface area contributed by atoms with Crippen molar-refractivity contribution in [1.82, 2.24) is 5.32 Å². The third kappa shape index (κ3) is 3.96. The standard InChI is InChI=1S/C5H13N/c1-4-6-5(2)3/h5-6H,4H2,1-3H3/i1D3,2D3,3D3,4D2,5D. The fourth-order valence-corrected chi connectivity index (χ4v) is 0.0625. The van der Waals surface area contributed by atoms with E-state index in [4.69, 9.17) is 16.4 Å². The zero-order chi connectivity index (χ0) is 15.2. The molecule has 0 saturated heterocycles. The van der Waals surface area contributed by atoms with Crippen molar-refractivity contribution in [1.29, 1.82) is 0 Å². The van der Waals surface area contributed by atoms with Crippen molar-refractivity contribution in [2.45, 2.75) is 26.6 Å². The molecule has 0 amide bonds. The summed E-state index contributed by atoms with van der Waals surface area (Å²) in [4.78, 5) is 0. The molecule has 0 bridgehead atoms. The van der Waals surface area contributed by atoms with Crippen LogP contribution in [0, 0.1) is 0 Å². The van der Waals surface area contributed by atoms with Gasteiger partial charge in [-0.1, -0.05) is 20.6 Å². The molecule has 0 aromatic heterocycles. The van der Waals surface area contributed by atoms with Gasteiger partial charge in [0.05, 0.1) is 0 Å². The second-order valence-electron chi connectivity index (χ2n) is 0.625. The minimum absolute atomic E-state index is 1.30. The van der Waals surface area contributed by atoms with Crippen LogP contribution in [0.2, 0.25) is 0 Å². The van der Waals surface area contributed by atoms with Crippen molar-refractivity contribution in [3.05, 3.63) is 0 Å². The second kappa shape index (κ2) is 3.16. The molecule has 0 fully saturated rings. The molecule has 0 unspecified atom stereocenters. The molecule has 0 spiro atoms. The fraction of sp³-hybridized carbons (Fsp3) is 1.00. The highest BCUT2D eigenvalue weighted by Crippen LogP contribution is 1.70. The second-order valence-corrected chi connectivity index (χ2v) is 0.625. The van der Waals surface area contributed by atoms with Crippen molar-refractivity contribution in [3.8, 4) is 0 Å². The summed E-state index contributed by atoms with van der Waals surface area (Å²) in [5.74, 6) is 0. The van der Waals surface area contributed by atoms with Crippen LogP contribution in [0.4, 0.5) is 0 Å². The summed E-state index contributed by atoms with van der Waals surface area (Å²) in [6, 6.07) is -3.42. The molecular formula is C5H13N. The van der Waals surface area contributed by atoms with E-state index < -0.39 is 33.1 Å². The van der Waals surface area contributed by atoms with Gasteiger partial charge in [-0.05, 0) is 6.50 Å². The average molecular weight is 99.2 g/mol. The van der Waals surface area contributed by atoms with Crippen molar-refractivity contribution < 1.29 is 16.4 Å². The van der Waals surface area contributed by atoms with E-state index in [-0.39, 0.29) is 0 Å². The van der Waals surface area contributed by atoms with Crippen molar-refractivity contribution in [2.24, 2.45) is 0 Å². The topological polar surface area (TPSA) is 12.0 Å². The molecule has 0 aromatic rings. The summed E-state index contributed by atoms with van der Waals surface area (Å²) >= 11 is 0. The maximum atomic E-state index is 7.43. The summed E-state index contributed by atoms with van der Waals surface area (Å²) < 4.78 is 84.4. The molecule has 0 atom stereocenters. The smallest absolute Gasteiger partial charge is 0.0459 e. The number of rotatable bonds is 2. The third-order valence-electron chi connectivity index (χ3n) is 0.188. The summed E-state index contributed by atoms with van der Waals surface area (Å²) in [7, 11) is 0. The maximum Gasteiger partial charge on any atom is 0.0459 e. The highest BCUT2D eigenvalue weighted by atomic mass is 14.9. The maximum absolute atomic E-state index is 7.43. The fourth-order valence-electron chi connectivity index (χ4n) is 0.0625. The molecule has 6 heavy (non-hydrogen) atoms. The van der Waals surface area contributed by atoms with Gasteiger partial charge in [0, 0.05) is 22.5 Å². The lowest BCUT2D eigenvalue weighted by atomic mass is 10.4. The van der Waals surface area contributed by atoms with Gasteiger partial charge >= 0.3 is 0 Å². The highest BCUT2D eigenvalue weighted by Gasteiger charge is 1.82. The van der Waals surface area contributed by atoms with Crippen LogP contribution in [-0.4, -0.2) is 12.5 Å². The van der Waals surface area contributed by atoms with Crippen LogP contribution >= 0.6 is 0 Å². The SMILES string of the molecule is [2H]C([2H])([2H])C([2H])([2H])NC([2H])(C([2H])([2H])[2H])C([2H])([2H])[2H]. The minimum atomic E-state index is -3.43. The van der Waals surface area contributed by atoms with Gasteiger partial charge in [-0.15, -0.1) is 0 Å². The van der Waals surface area contributed by atoms with E-state index in [1.54, 1.807) is 0 Å². The first kappa shape index (κ1) is 0.510. The van der Waals surface area contributed by atoms with Crippen molar-refractivity contribution in [2.75, 3.05) is 6.50 Å². The van der Waals surface area contributed by atoms with E-state index >= 15 is 0 Å². The van der Waals surface area contributed by atoms with Crippen molar-refractivity contribution in [3.63, 3.8) is 0 Å². The summed E-state index contributed by atoms with van der Waals surface area (Å²) in [6.07, 6.45) is 0. The Morgan fingerprint density at radius 1 is 2.17 bits per heavy atom. The molecule has 38 valence electrons. The molecule has 0 aliphatic heterocycles. The molecule has 0 saturated carbocycles. The van der Waals surface area contributed by atoms with Crippen LogP contribution < -0.4 is 5.32 Å². The Balaban J connectivity index is 5.58. The van der Waals surface area contributed by atoms with E-state index in [0.717, 1.165) is 0 Å². The molecule has 1 heteroatoms. The van der Waals surface area contributed by atoms with Crippen LogP contribution in [-0.2, 0) is 0 Å². The van der Waals surface area contributed by atoms with Gasteiger partial charge in [0.2, 0.25) is 0 Å². The quantitative estimate of drug-likeness (QED) is 0.544. The molecular weight excluding hydrogens is 74.1 g/mol. The Labute approximate surface area is 56.6 Å². The predicted octanol–water partition coefficient (Wildman–Crippen LogP) is 1.00. The molecule has 1 N–H and O–H groups in total. The van der Waals surface area contributed by atoms with E-state index in [1.165, 1.54) is 5.32 Å². The normalized spacial score (nSPS) is 50.0. The summed E-state index contributed by atoms with van der Waals surface area (Å²) in [6.45, 7) is -13.5. The van der Waals surface area contributed by atoms with Gasteiger partial charge in [-0.25, -0.2) is 0 Å². The summed E-state index contributed by atoms with van der Waals surface area (Å²) in [5, 5.41) is 1.30. The minimum Gasteiger partial charge on any atom is -0.315 e. The van der Waals surface area contributed by atoms with Crippen LogP contribution in [0.15, 0.2) is 0 Å². The first-order valence-electron chi connectivity index (χ1n) is 7.25. The third-order valence-corrected chi connectivity index (χ3v) is 0.188. The molecule has 0 heterocycles. The Morgan fingerprint density at radius 3 is 3.50 bits per heavy atom. The first-order chi connectivity index (χ1) is 7.46. The monoisotopic (exact) mass is 99.2 g/mol. The number of hydrogen-bond acceptors (Lipinski definition) is 1. The summed E-state index contributed by atoms with van der Waals surface area (Å²) in [5.41, 5.74) is 0. The van der Waals surface area contributed by atoms with Crippen molar-refractivity contribution >= 4 is 0 Å². The molecule has 0 aromatic carbocycles. The highest BCUT2D eigenvalue weighted by molar-refractivity contribution is 4.46. The van der Waals surface area contributed by atoms with Crippen LogP contribution in [0.3, 0.4) is 0 Å². The molecule has 0 rings (SSSR count). The van der Waals surface area contributed by atoms with E-state index in [2.05, 4.69) is 0 Å². The van der Waals surface area contributed by atoms with Gasteiger partial charge in [-0.2, -0.15) is 0 Å². The predicted molar refractivity (Wildman–Crippen MR) is 28.8 cm³/mol. The lowest BCUT2D eigenvalue weighted by molar-refractivity contribution is 0.613. The van der Waals surface area contributed by atoms with Gasteiger partial charge in [0.25, 0.3) is 0 Å². The molecule has 1 nitrogen and oxygen atoms in total. The zero-order valence-electron chi connectivity index (χ0n) is 15.0. The number of hydrogen-bond donors (Lipinski definition) is 1. The molecule has 0 aliphatic rings. The largest absolute Gasteiger partial charge is 0.315 e. The van der Waals surface area contributed by atoms with Gasteiger partial charge in [-0.3, -0.25) is 0 Å². The lowest BCUT2D eigenvalue weighted by Gasteiger charge is -2.00. The lowest BCUT2D eigenvalue weighted by Crippen LogP contribution is -2.21. The van der Waals surface area contributed by atoms with Gasteiger partial charge < -0.3 is 5.32 Å². The Morgan fingerprint density at radius 2 is 3.00 bits per heavy atom. The molecule has 0 aliphatic carbocycles. The van der Waals surface area contributed by atoms with Crippen LogP contribution in [0.25, 0.3) is 0 Å². The Hall–Kier alpha value is -0.0400.